The first-order chi connectivity index (χ1) is 16.0. The van der Waals surface area contributed by atoms with Gasteiger partial charge in [0.25, 0.3) is 0 Å². The number of nitrogens with zero attached hydrogens (tertiary/aromatic N) is 3. The van der Waals surface area contributed by atoms with E-state index in [1.165, 1.54) is 0 Å². The van der Waals surface area contributed by atoms with Gasteiger partial charge >= 0.3 is 0 Å². The molecule has 6 nitrogen and oxygen atoms in total. The zero-order valence-corrected chi connectivity index (χ0v) is 19.3. The van der Waals surface area contributed by atoms with Crippen LogP contribution in [0.25, 0.3) is 11.3 Å². The van der Waals surface area contributed by atoms with Crippen LogP contribution in [0.3, 0.4) is 0 Å². The van der Waals surface area contributed by atoms with Gasteiger partial charge in [0.1, 0.15) is 5.82 Å². The molecule has 0 spiro atoms. The fraction of sp³-hybridized carbons (Fsp3) is 0.346. The summed E-state index contributed by atoms with van der Waals surface area (Å²) < 4.78 is 0. The molecule has 1 saturated heterocycles. The first-order valence-corrected chi connectivity index (χ1v) is 11.8. The number of piperidine rings is 1. The number of aromatic nitrogens is 2. The molecule has 1 aromatic carbocycles. The largest absolute Gasteiger partial charge is 0.390 e. The number of aryl methyl sites for hydroxylation is 1. The number of fused-ring (bicyclic) bond motifs is 1. The van der Waals surface area contributed by atoms with Crippen molar-refractivity contribution in [3.05, 3.63) is 76.6 Å². The van der Waals surface area contributed by atoms with E-state index in [1.807, 2.05) is 43.3 Å². The first kappa shape index (κ1) is 21.9. The molecule has 0 unspecified atom stereocenters. The SMILES string of the molecule is Cc1cc(Cl)cnc1-c1ccnc(N2CCC(C(=O)N[C@@H]3c4ccccc4C[C@@H]3O)CC2)c1. The molecule has 3 heterocycles. The molecule has 2 atom stereocenters. The molecular weight excluding hydrogens is 436 g/mol. The van der Waals surface area contributed by atoms with Crippen molar-refractivity contribution in [1.82, 2.24) is 15.3 Å². The molecule has 1 amide bonds. The Bertz CT molecular complexity index is 1180. The zero-order chi connectivity index (χ0) is 22.9. The number of carbonyl (C=O) groups excluding carboxylic acids is 1. The van der Waals surface area contributed by atoms with Crippen LogP contribution >= 0.6 is 11.6 Å². The van der Waals surface area contributed by atoms with Crippen LogP contribution in [-0.2, 0) is 11.2 Å². The Labute approximate surface area is 198 Å². The number of nitrogens with one attached hydrogen (secondary N) is 1. The summed E-state index contributed by atoms with van der Waals surface area (Å²) in [5.41, 5.74) is 5.06. The van der Waals surface area contributed by atoms with E-state index in [-0.39, 0.29) is 17.9 Å². The highest BCUT2D eigenvalue weighted by molar-refractivity contribution is 6.30. The van der Waals surface area contributed by atoms with E-state index in [4.69, 9.17) is 11.6 Å². The number of aliphatic hydroxyl groups is 1. The van der Waals surface area contributed by atoms with Crippen molar-refractivity contribution in [2.24, 2.45) is 5.92 Å². The molecule has 7 heteroatoms. The van der Waals surface area contributed by atoms with E-state index in [0.717, 1.165) is 59.7 Å². The number of carbonyl (C=O) groups is 1. The normalized spacial score (nSPS) is 20.5. The van der Waals surface area contributed by atoms with Gasteiger partial charge in [0, 0.05) is 43.4 Å². The van der Waals surface area contributed by atoms with Crippen molar-refractivity contribution in [2.75, 3.05) is 18.0 Å². The number of hydrogen-bond acceptors (Lipinski definition) is 5. The van der Waals surface area contributed by atoms with Crippen molar-refractivity contribution in [1.29, 1.82) is 0 Å². The summed E-state index contributed by atoms with van der Waals surface area (Å²) in [6, 6.07) is 13.5. The summed E-state index contributed by atoms with van der Waals surface area (Å²) >= 11 is 6.05. The maximum Gasteiger partial charge on any atom is 0.223 e. The zero-order valence-electron chi connectivity index (χ0n) is 18.5. The van der Waals surface area contributed by atoms with Gasteiger partial charge in [-0.05, 0) is 54.7 Å². The Morgan fingerprint density at radius 1 is 1.15 bits per heavy atom. The highest BCUT2D eigenvalue weighted by Crippen LogP contribution is 2.33. The molecule has 1 aliphatic heterocycles. The van der Waals surface area contributed by atoms with E-state index in [0.29, 0.717) is 11.4 Å². The predicted octanol–water partition coefficient (Wildman–Crippen LogP) is 4.10. The third-order valence-electron chi connectivity index (χ3n) is 6.76. The minimum Gasteiger partial charge on any atom is -0.390 e. The predicted molar refractivity (Wildman–Crippen MR) is 129 cm³/mol. The number of hydrogen-bond donors (Lipinski definition) is 2. The number of halogens is 1. The summed E-state index contributed by atoms with van der Waals surface area (Å²) in [4.78, 5) is 24.3. The third-order valence-corrected chi connectivity index (χ3v) is 6.96. The Balaban J connectivity index is 1.23. The fourth-order valence-electron chi connectivity index (χ4n) is 4.97. The van der Waals surface area contributed by atoms with Crippen LogP contribution in [0.4, 0.5) is 5.82 Å². The van der Waals surface area contributed by atoms with Crippen LogP contribution in [0, 0.1) is 12.8 Å². The van der Waals surface area contributed by atoms with Crippen LogP contribution < -0.4 is 10.2 Å². The third kappa shape index (κ3) is 4.45. The van der Waals surface area contributed by atoms with Crippen LogP contribution in [0.5, 0.6) is 0 Å². The maximum absolute atomic E-state index is 13.0. The van der Waals surface area contributed by atoms with Gasteiger partial charge in [0.05, 0.1) is 22.9 Å². The number of benzene rings is 1. The second-order valence-electron chi connectivity index (χ2n) is 8.94. The average Bonchev–Trinajstić information content (AvgIpc) is 3.14. The molecule has 1 fully saturated rings. The highest BCUT2D eigenvalue weighted by atomic mass is 35.5. The number of amides is 1. The monoisotopic (exact) mass is 462 g/mol. The van der Waals surface area contributed by atoms with Crippen molar-refractivity contribution in [3.8, 4) is 11.3 Å². The minimum atomic E-state index is -0.566. The number of anilines is 1. The molecule has 0 radical (unpaired) electrons. The molecule has 2 aliphatic rings. The molecular formula is C26H27ClN4O2. The first-order valence-electron chi connectivity index (χ1n) is 11.4. The summed E-state index contributed by atoms with van der Waals surface area (Å²) in [6.45, 7) is 3.51. The Morgan fingerprint density at radius 2 is 1.94 bits per heavy atom. The van der Waals surface area contributed by atoms with Gasteiger partial charge in [-0.25, -0.2) is 4.98 Å². The summed E-state index contributed by atoms with van der Waals surface area (Å²) in [5.74, 6) is 0.852. The Kier molecular flexibility index (Phi) is 6.04. The quantitative estimate of drug-likeness (QED) is 0.610. The van der Waals surface area contributed by atoms with E-state index in [2.05, 4.69) is 26.3 Å². The Morgan fingerprint density at radius 3 is 2.73 bits per heavy atom. The van der Waals surface area contributed by atoms with Crippen LogP contribution in [-0.4, -0.2) is 40.2 Å². The fourth-order valence-corrected chi connectivity index (χ4v) is 5.18. The summed E-state index contributed by atoms with van der Waals surface area (Å²) in [5, 5.41) is 14.2. The molecule has 2 aromatic heterocycles. The lowest BCUT2D eigenvalue weighted by Gasteiger charge is -2.33. The molecule has 5 rings (SSSR count). The van der Waals surface area contributed by atoms with Crippen LogP contribution in [0.1, 0.15) is 35.6 Å². The van der Waals surface area contributed by atoms with E-state index < -0.39 is 6.10 Å². The molecule has 2 N–H and O–H groups in total. The Hall–Kier alpha value is -2.96. The van der Waals surface area contributed by atoms with Gasteiger partial charge in [-0.3, -0.25) is 9.78 Å². The highest BCUT2D eigenvalue weighted by Gasteiger charge is 2.34. The molecule has 1 aliphatic carbocycles. The van der Waals surface area contributed by atoms with Gasteiger partial charge in [0.15, 0.2) is 0 Å². The number of pyridine rings is 2. The van der Waals surface area contributed by atoms with Gasteiger partial charge in [-0.15, -0.1) is 0 Å². The maximum atomic E-state index is 13.0. The lowest BCUT2D eigenvalue weighted by Crippen LogP contribution is -2.43. The molecule has 0 saturated carbocycles. The second kappa shape index (κ2) is 9.12. The lowest BCUT2D eigenvalue weighted by atomic mass is 9.95. The van der Waals surface area contributed by atoms with Crippen molar-refractivity contribution in [3.63, 3.8) is 0 Å². The minimum absolute atomic E-state index is 0.0260. The van der Waals surface area contributed by atoms with Crippen molar-refractivity contribution in [2.45, 2.75) is 38.3 Å². The smallest absolute Gasteiger partial charge is 0.223 e. The van der Waals surface area contributed by atoms with Gasteiger partial charge in [-0.2, -0.15) is 0 Å². The molecule has 170 valence electrons. The van der Waals surface area contributed by atoms with Crippen LogP contribution in [0.2, 0.25) is 5.02 Å². The number of rotatable bonds is 4. The lowest BCUT2D eigenvalue weighted by molar-refractivity contribution is -0.127. The second-order valence-corrected chi connectivity index (χ2v) is 9.38. The van der Waals surface area contributed by atoms with Crippen molar-refractivity contribution < 1.29 is 9.90 Å². The molecule has 3 aromatic rings. The average molecular weight is 463 g/mol. The van der Waals surface area contributed by atoms with E-state index in [1.54, 1.807) is 12.4 Å². The van der Waals surface area contributed by atoms with E-state index in [9.17, 15) is 9.90 Å². The van der Waals surface area contributed by atoms with Gasteiger partial charge in [-0.1, -0.05) is 35.9 Å². The summed E-state index contributed by atoms with van der Waals surface area (Å²) in [7, 11) is 0. The number of aliphatic hydroxyl groups excluding tert-OH is 1. The van der Waals surface area contributed by atoms with Crippen molar-refractivity contribution >= 4 is 23.3 Å². The van der Waals surface area contributed by atoms with E-state index >= 15 is 0 Å². The molecule has 0 bridgehead atoms. The standard InChI is InChI=1S/C26H27ClN4O2/c1-16-12-20(27)15-29-24(16)19-6-9-28-23(14-19)31-10-7-17(8-11-31)26(33)30-25-21-5-3-2-4-18(21)13-22(25)32/h2-6,9,12,14-15,17,22,25,32H,7-8,10-11,13H2,1H3,(H,30,33)/t22-,25+/m0/s1. The van der Waals surface area contributed by atoms with Gasteiger partial charge in [0.2, 0.25) is 5.91 Å². The topological polar surface area (TPSA) is 78.4 Å². The summed E-state index contributed by atoms with van der Waals surface area (Å²) in [6.07, 6.45) is 4.99. The molecule has 33 heavy (non-hydrogen) atoms. The van der Waals surface area contributed by atoms with Crippen LogP contribution in [0.15, 0.2) is 54.9 Å². The van der Waals surface area contributed by atoms with Gasteiger partial charge < -0.3 is 15.3 Å².